The molecule has 0 aliphatic carbocycles. The second-order valence-corrected chi connectivity index (χ2v) is 4.16. The molecular formula is C15H10N4O2. The summed E-state index contributed by atoms with van der Waals surface area (Å²) in [5.41, 5.74) is 1.81. The number of nitrogens with one attached hydrogen (secondary N) is 1. The van der Waals surface area contributed by atoms with Crippen molar-refractivity contribution in [3.05, 3.63) is 58.9 Å². The molecule has 0 saturated carbocycles. The average molecular weight is 278 g/mol. The normalized spacial score (nSPS) is 9.43. The van der Waals surface area contributed by atoms with E-state index in [1.807, 2.05) is 12.1 Å². The fourth-order valence-corrected chi connectivity index (χ4v) is 1.73. The van der Waals surface area contributed by atoms with Crippen LogP contribution in [0.1, 0.15) is 27.3 Å². The van der Waals surface area contributed by atoms with Gasteiger partial charge in [-0.1, -0.05) is 6.07 Å². The third-order valence-electron chi connectivity index (χ3n) is 2.76. The van der Waals surface area contributed by atoms with Crippen molar-refractivity contribution in [1.29, 1.82) is 10.5 Å². The summed E-state index contributed by atoms with van der Waals surface area (Å²) in [6, 6.07) is 13.4. The van der Waals surface area contributed by atoms with Crippen molar-refractivity contribution in [1.82, 2.24) is 4.98 Å². The number of hydrogen-bond acceptors (Lipinski definition) is 5. The standard InChI is InChI=1S/C15H10N4O2/c16-7-10-4-5-12(6-11(10)8-17)18-9-13-2-1-3-14(19-13)15(20)21/h1-6,18H,9H2,(H,20,21). The highest BCUT2D eigenvalue weighted by Gasteiger charge is 2.06. The third kappa shape index (κ3) is 3.34. The topological polar surface area (TPSA) is 110 Å². The summed E-state index contributed by atoms with van der Waals surface area (Å²) in [5, 5.41) is 29.7. The molecule has 0 aliphatic rings. The Labute approximate surface area is 120 Å². The molecule has 2 aromatic rings. The highest BCUT2D eigenvalue weighted by Crippen LogP contribution is 2.15. The first-order valence-corrected chi connectivity index (χ1v) is 6.01. The Balaban J connectivity index is 2.14. The number of carbonyl (C=O) groups is 1. The molecule has 1 aromatic carbocycles. The van der Waals surface area contributed by atoms with E-state index in [9.17, 15) is 4.79 Å². The van der Waals surface area contributed by atoms with Gasteiger partial charge in [0.2, 0.25) is 0 Å². The molecule has 21 heavy (non-hydrogen) atoms. The van der Waals surface area contributed by atoms with E-state index in [2.05, 4.69) is 10.3 Å². The lowest BCUT2D eigenvalue weighted by atomic mass is 10.1. The number of carboxylic acid groups (broad SMARTS) is 1. The van der Waals surface area contributed by atoms with Crippen LogP contribution in [0.2, 0.25) is 0 Å². The highest BCUT2D eigenvalue weighted by molar-refractivity contribution is 5.85. The van der Waals surface area contributed by atoms with Crippen LogP contribution in [0.25, 0.3) is 0 Å². The van der Waals surface area contributed by atoms with Gasteiger partial charge in [-0.2, -0.15) is 10.5 Å². The van der Waals surface area contributed by atoms with Crippen LogP contribution < -0.4 is 5.32 Å². The number of hydrogen-bond donors (Lipinski definition) is 2. The second-order valence-electron chi connectivity index (χ2n) is 4.16. The minimum atomic E-state index is -1.08. The summed E-state index contributed by atoms with van der Waals surface area (Å²) in [7, 11) is 0. The first-order valence-electron chi connectivity index (χ1n) is 6.01. The average Bonchev–Trinajstić information content (AvgIpc) is 2.52. The third-order valence-corrected chi connectivity index (χ3v) is 2.76. The smallest absolute Gasteiger partial charge is 0.354 e. The van der Waals surface area contributed by atoms with Crippen molar-refractivity contribution in [3.8, 4) is 12.1 Å². The molecule has 102 valence electrons. The van der Waals surface area contributed by atoms with E-state index < -0.39 is 5.97 Å². The Morgan fingerprint density at radius 1 is 1.19 bits per heavy atom. The van der Waals surface area contributed by atoms with Crippen molar-refractivity contribution in [2.75, 3.05) is 5.32 Å². The van der Waals surface area contributed by atoms with E-state index >= 15 is 0 Å². The molecule has 0 saturated heterocycles. The maximum Gasteiger partial charge on any atom is 0.354 e. The quantitative estimate of drug-likeness (QED) is 0.886. The van der Waals surface area contributed by atoms with E-state index in [1.54, 1.807) is 30.3 Å². The van der Waals surface area contributed by atoms with E-state index in [1.165, 1.54) is 6.07 Å². The van der Waals surface area contributed by atoms with Gasteiger partial charge in [0.15, 0.2) is 0 Å². The molecule has 1 aromatic heterocycles. The van der Waals surface area contributed by atoms with Gasteiger partial charge >= 0.3 is 5.97 Å². The zero-order valence-electron chi connectivity index (χ0n) is 10.9. The minimum Gasteiger partial charge on any atom is -0.477 e. The fraction of sp³-hybridized carbons (Fsp3) is 0.0667. The maximum absolute atomic E-state index is 10.8. The number of anilines is 1. The van der Waals surface area contributed by atoms with Crippen molar-refractivity contribution < 1.29 is 9.90 Å². The summed E-state index contributed by atoms with van der Waals surface area (Å²) in [6.07, 6.45) is 0. The van der Waals surface area contributed by atoms with Gasteiger partial charge < -0.3 is 10.4 Å². The number of rotatable bonds is 4. The maximum atomic E-state index is 10.8. The van der Waals surface area contributed by atoms with Crippen LogP contribution in [0.5, 0.6) is 0 Å². The number of nitrogens with zero attached hydrogens (tertiary/aromatic N) is 3. The van der Waals surface area contributed by atoms with Crippen LogP contribution in [0.15, 0.2) is 36.4 Å². The van der Waals surface area contributed by atoms with Gasteiger partial charge in [0.25, 0.3) is 0 Å². The van der Waals surface area contributed by atoms with Gasteiger partial charge in [-0.15, -0.1) is 0 Å². The lowest BCUT2D eigenvalue weighted by Gasteiger charge is -2.07. The zero-order chi connectivity index (χ0) is 15.2. The summed E-state index contributed by atoms with van der Waals surface area (Å²) >= 11 is 0. The number of carboxylic acids is 1. The van der Waals surface area contributed by atoms with Crippen LogP contribution in [-0.2, 0) is 6.54 Å². The molecule has 0 bridgehead atoms. The molecule has 0 atom stereocenters. The van der Waals surface area contributed by atoms with Crippen molar-refractivity contribution in [3.63, 3.8) is 0 Å². The Hall–Kier alpha value is -3.38. The molecule has 6 heteroatoms. The molecule has 6 nitrogen and oxygen atoms in total. The van der Waals surface area contributed by atoms with E-state index in [4.69, 9.17) is 15.6 Å². The van der Waals surface area contributed by atoms with E-state index in [0.717, 1.165) is 0 Å². The van der Waals surface area contributed by atoms with Crippen LogP contribution in [0, 0.1) is 22.7 Å². The Morgan fingerprint density at radius 3 is 2.62 bits per heavy atom. The molecule has 0 fully saturated rings. The fourth-order valence-electron chi connectivity index (χ4n) is 1.73. The van der Waals surface area contributed by atoms with Gasteiger partial charge in [0.1, 0.15) is 17.8 Å². The van der Waals surface area contributed by atoms with Gasteiger partial charge in [0.05, 0.1) is 23.4 Å². The van der Waals surface area contributed by atoms with E-state index in [-0.39, 0.29) is 11.3 Å². The summed E-state index contributed by atoms with van der Waals surface area (Å²) < 4.78 is 0. The van der Waals surface area contributed by atoms with Crippen molar-refractivity contribution >= 4 is 11.7 Å². The second kappa shape index (κ2) is 6.18. The first kappa shape index (κ1) is 14.0. The van der Waals surface area contributed by atoms with Crippen molar-refractivity contribution in [2.45, 2.75) is 6.54 Å². The van der Waals surface area contributed by atoms with Crippen LogP contribution in [0.4, 0.5) is 5.69 Å². The Kier molecular flexibility index (Phi) is 4.13. The highest BCUT2D eigenvalue weighted by atomic mass is 16.4. The molecule has 0 aliphatic heterocycles. The molecule has 0 radical (unpaired) electrons. The van der Waals surface area contributed by atoms with Crippen LogP contribution in [-0.4, -0.2) is 16.1 Å². The molecule has 1 heterocycles. The summed E-state index contributed by atoms with van der Waals surface area (Å²) in [6.45, 7) is 0.317. The monoisotopic (exact) mass is 278 g/mol. The molecular weight excluding hydrogens is 268 g/mol. The number of aromatic carboxylic acids is 1. The van der Waals surface area contributed by atoms with Gasteiger partial charge in [-0.25, -0.2) is 9.78 Å². The lowest BCUT2D eigenvalue weighted by molar-refractivity contribution is 0.0690. The van der Waals surface area contributed by atoms with Gasteiger partial charge in [-0.05, 0) is 30.3 Å². The SMILES string of the molecule is N#Cc1ccc(NCc2cccc(C(=O)O)n2)cc1C#N. The number of nitriles is 2. The van der Waals surface area contributed by atoms with E-state index in [0.29, 0.717) is 23.5 Å². The van der Waals surface area contributed by atoms with Gasteiger partial charge in [0, 0.05) is 5.69 Å². The zero-order valence-corrected chi connectivity index (χ0v) is 10.9. The van der Waals surface area contributed by atoms with Crippen LogP contribution >= 0.6 is 0 Å². The molecule has 0 spiro atoms. The first-order chi connectivity index (χ1) is 10.1. The van der Waals surface area contributed by atoms with Crippen LogP contribution in [0.3, 0.4) is 0 Å². The van der Waals surface area contributed by atoms with Crippen molar-refractivity contribution in [2.24, 2.45) is 0 Å². The number of pyridine rings is 1. The molecule has 0 amide bonds. The minimum absolute atomic E-state index is 0.0214. The predicted molar refractivity (Wildman–Crippen MR) is 74.4 cm³/mol. The summed E-state index contributed by atoms with van der Waals surface area (Å²) in [5.74, 6) is -1.08. The largest absolute Gasteiger partial charge is 0.477 e. The number of benzene rings is 1. The Morgan fingerprint density at radius 2 is 1.95 bits per heavy atom. The molecule has 2 N–H and O–H groups in total. The predicted octanol–water partition coefficient (Wildman–Crippen LogP) is 2.14. The molecule has 2 rings (SSSR count). The molecule has 0 unspecified atom stereocenters. The lowest BCUT2D eigenvalue weighted by Crippen LogP contribution is -2.06. The number of aromatic nitrogens is 1. The van der Waals surface area contributed by atoms with Gasteiger partial charge in [-0.3, -0.25) is 0 Å². The summed E-state index contributed by atoms with van der Waals surface area (Å²) in [4.78, 5) is 14.8. The Bertz CT molecular complexity index is 772.